The van der Waals surface area contributed by atoms with Crippen molar-refractivity contribution in [2.24, 2.45) is 40.4 Å². The van der Waals surface area contributed by atoms with Gasteiger partial charge in [-0.1, -0.05) is 13.8 Å². The molecule has 4 aliphatic carbocycles. The van der Waals surface area contributed by atoms with Gasteiger partial charge in [0.25, 0.3) is 5.92 Å². The highest BCUT2D eigenvalue weighted by atomic mass is 32.2. The summed E-state index contributed by atoms with van der Waals surface area (Å²) in [6.45, 7) is 4.89. The molecule has 196 valence electrons. The van der Waals surface area contributed by atoms with Gasteiger partial charge >= 0.3 is 0 Å². The van der Waals surface area contributed by atoms with Crippen LogP contribution < -0.4 is 0 Å². The van der Waals surface area contributed by atoms with Crippen LogP contribution in [0.3, 0.4) is 0 Å². The highest BCUT2D eigenvalue weighted by Gasteiger charge is 2.65. The molecule has 0 heterocycles. The predicted octanol–water partition coefficient (Wildman–Crippen LogP) is 5.06. The molecule has 0 aromatic rings. The van der Waals surface area contributed by atoms with Crippen molar-refractivity contribution in [1.29, 1.82) is 0 Å². The Morgan fingerprint density at radius 1 is 1.09 bits per heavy atom. The molecule has 4 saturated carbocycles. The van der Waals surface area contributed by atoms with Crippen molar-refractivity contribution < 1.29 is 28.3 Å². The molecule has 4 fully saturated rings. The number of fused-ring (bicyclic) bond motifs is 5. The van der Waals surface area contributed by atoms with Crippen molar-refractivity contribution in [3.63, 3.8) is 0 Å². The number of alkyl halides is 2. The van der Waals surface area contributed by atoms with E-state index in [-0.39, 0.29) is 41.9 Å². The molecule has 0 saturated heterocycles. The smallest absolute Gasteiger partial charge is 0.274 e. The summed E-state index contributed by atoms with van der Waals surface area (Å²) in [7, 11) is 1.78. The molecule has 34 heavy (non-hydrogen) atoms. The molecular weight excluding hydrogens is 460 g/mol. The van der Waals surface area contributed by atoms with Gasteiger partial charge < -0.3 is 19.7 Å². The SMILES string of the molecule is CN(CCSO)C(=O)CCCC1CCC2C3C(O)CC4CC(O)C(F)(F)CC4(C)C3CCC12C. The van der Waals surface area contributed by atoms with Crippen molar-refractivity contribution in [1.82, 2.24) is 4.90 Å². The molecule has 9 atom stereocenters. The van der Waals surface area contributed by atoms with Crippen LogP contribution in [0.4, 0.5) is 8.78 Å². The largest absolute Gasteiger partial charge is 0.393 e. The number of amides is 1. The summed E-state index contributed by atoms with van der Waals surface area (Å²) in [5.74, 6) is -1.50. The van der Waals surface area contributed by atoms with E-state index in [0.29, 0.717) is 37.0 Å². The third-order valence-electron chi connectivity index (χ3n) is 10.8. The number of hydrogen-bond acceptors (Lipinski definition) is 5. The second kappa shape index (κ2) is 9.79. The van der Waals surface area contributed by atoms with Crippen LogP contribution in [0.25, 0.3) is 0 Å². The van der Waals surface area contributed by atoms with E-state index in [9.17, 15) is 23.8 Å². The van der Waals surface area contributed by atoms with E-state index >= 15 is 0 Å². The Balaban J connectivity index is 1.42. The van der Waals surface area contributed by atoms with Crippen molar-refractivity contribution in [3.05, 3.63) is 0 Å². The summed E-state index contributed by atoms with van der Waals surface area (Å²) in [6, 6.07) is 0. The third kappa shape index (κ3) is 4.54. The number of hydrogen-bond donors (Lipinski definition) is 3. The van der Waals surface area contributed by atoms with Gasteiger partial charge in [0.05, 0.1) is 6.10 Å². The summed E-state index contributed by atoms with van der Waals surface area (Å²) < 4.78 is 38.2. The summed E-state index contributed by atoms with van der Waals surface area (Å²) in [6.07, 6.45) is 4.57. The minimum atomic E-state index is -3.05. The second-order valence-corrected chi connectivity index (χ2v) is 13.0. The fourth-order valence-electron chi connectivity index (χ4n) is 8.81. The van der Waals surface area contributed by atoms with Crippen molar-refractivity contribution in [2.45, 2.75) is 96.2 Å². The van der Waals surface area contributed by atoms with E-state index in [1.165, 1.54) is 0 Å². The fourth-order valence-corrected chi connectivity index (χ4v) is 9.16. The molecule has 0 aromatic heterocycles. The van der Waals surface area contributed by atoms with Gasteiger partial charge in [0.2, 0.25) is 5.91 Å². The molecule has 0 radical (unpaired) electrons. The number of carbonyl (C=O) groups excluding carboxylic acids is 1. The Morgan fingerprint density at radius 2 is 1.79 bits per heavy atom. The Kier molecular flexibility index (Phi) is 7.66. The maximum Gasteiger partial charge on any atom is 0.274 e. The summed E-state index contributed by atoms with van der Waals surface area (Å²) in [5, 5.41) is 21.3. The fraction of sp³-hybridized carbons (Fsp3) is 0.962. The van der Waals surface area contributed by atoms with E-state index in [0.717, 1.165) is 50.6 Å². The first-order chi connectivity index (χ1) is 15.9. The second-order valence-electron chi connectivity index (χ2n) is 12.3. The zero-order valence-electron chi connectivity index (χ0n) is 20.9. The highest BCUT2D eigenvalue weighted by Crippen LogP contribution is 2.68. The Morgan fingerprint density at radius 3 is 2.50 bits per heavy atom. The van der Waals surface area contributed by atoms with Gasteiger partial charge in [0, 0.05) is 32.2 Å². The standard InChI is InChI=1S/C26H43F2NO4S/c1-24-10-9-19-23(20(30)13-17-14-21(31)26(27,28)15-25(17,19)2)18(24)8-7-16(24)5-4-6-22(32)29(3)11-12-34-33/h16-21,23,30-31,33H,4-15H2,1-3H3. The molecular formula is C26H43F2NO4S. The number of aliphatic hydroxyl groups is 2. The van der Waals surface area contributed by atoms with E-state index in [1.807, 2.05) is 6.92 Å². The topological polar surface area (TPSA) is 81.0 Å². The van der Waals surface area contributed by atoms with Crippen LogP contribution >= 0.6 is 12.0 Å². The summed E-state index contributed by atoms with van der Waals surface area (Å²) >= 11 is 0.751. The first-order valence-electron chi connectivity index (χ1n) is 13.2. The molecule has 3 N–H and O–H groups in total. The minimum absolute atomic E-state index is 0.0489. The zero-order chi connectivity index (χ0) is 24.9. The van der Waals surface area contributed by atoms with Gasteiger partial charge in [0.1, 0.15) is 6.10 Å². The van der Waals surface area contributed by atoms with Crippen molar-refractivity contribution in [3.8, 4) is 0 Å². The van der Waals surface area contributed by atoms with Gasteiger partial charge in [-0.2, -0.15) is 0 Å². The van der Waals surface area contributed by atoms with Crippen LogP contribution in [0.1, 0.15) is 78.1 Å². The maximum atomic E-state index is 14.6. The lowest BCUT2D eigenvalue weighted by Gasteiger charge is -2.63. The Labute approximate surface area is 207 Å². The van der Waals surface area contributed by atoms with Crippen molar-refractivity contribution in [2.75, 3.05) is 19.3 Å². The molecule has 1 amide bonds. The average molecular weight is 504 g/mol. The van der Waals surface area contributed by atoms with Crippen molar-refractivity contribution >= 4 is 17.9 Å². The van der Waals surface area contributed by atoms with Gasteiger partial charge in [-0.05, 0) is 104 Å². The number of carbonyl (C=O) groups is 1. The molecule has 4 rings (SSSR count). The van der Waals surface area contributed by atoms with Crippen LogP contribution in [0, 0.1) is 40.4 Å². The molecule has 5 nitrogen and oxygen atoms in total. The lowest BCUT2D eigenvalue weighted by atomic mass is 9.43. The molecule has 0 spiro atoms. The van der Waals surface area contributed by atoms with E-state index in [4.69, 9.17) is 4.55 Å². The lowest BCUT2D eigenvalue weighted by Crippen LogP contribution is -2.61. The van der Waals surface area contributed by atoms with E-state index in [2.05, 4.69) is 6.92 Å². The number of aliphatic hydroxyl groups excluding tert-OH is 2. The highest BCUT2D eigenvalue weighted by molar-refractivity contribution is 7.93. The Hall–Kier alpha value is -0.440. The molecule has 8 heteroatoms. The summed E-state index contributed by atoms with van der Waals surface area (Å²) in [4.78, 5) is 14.1. The van der Waals surface area contributed by atoms with E-state index in [1.54, 1.807) is 11.9 Å². The maximum absolute atomic E-state index is 14.6. The van der Waals surface area contributed by atoms with Crippen LogP contribution in [-0.2, 0) is 4.79 Å². The monoisotopic (exact) mass is 503 g/mol. The molecule has 9 unspecified atom stereocenters. The third-order valence-corrected chi connectivity index (χ3v) is 11.1. The van der Waals surface area contributed by atoms with Gasteiger partial charge in [-0.3, -0.25) is 4.79 Å². The van der Waals surface area contributed by atoms with Gasteiger partial charge in [0.15, 0.2) is 0 Å². The van der Waals surface area contributed by atoms with Crippen LogP contribution in [-0.4, -0.2) is 63.0 Å². The van der Waals surface area contributed by atoms with Crippen LogP contribution in [0.5, 0.6) is 0 Å². The normalized spacial score (nSPS) is 45.2. The quantitative estimate of drug-likeness (QED) is 0.423. The van der Waals surface area contributed by atoms with Crippen LogP contribution in [0.2, 0.25) is 0 Å². The van der Waals surface area contributed by atoms with Gasteiger partial charge in [-0.25, -0.2) is 8.78 Å². The summed E-state index contributed by atoms with van der Waals surface area (Å²) in [5.41, 5.74) is -0.444. The first kappa shape index (κ1) is 26.6. The molecule has 4 aliphatic rings. The van der Waals surface area contributed by atoms with Gasteiger partial charge in [-0.15, -0.1) is 0 Å². The lowest BCUT2D eigenvalue weighted by molar-refractivity contribution is -0.235. The molecule has 0 aliphatic heterocycles. The predicted molar refractivity (Wildman–Crippen MR) is 130 cm³/mol. The zero-order valence-corrected chi connectivity index (χ0v) is 21.7. The van der Waals surface area contributed by atoms with E-state index < -0.39 is 23.5 Å². The average Bonchev–Trinajstić information content (AvgIpc) is 3.10. The Bertz CT molecular complexity index is 756. The number of rotatable bonds is 7. The molecule has 0 aromatic carbocycles. The van der Waals surface area contributed by atoms with Crippen LogP contribution in [0.15, 0.2) is 0 Å². The number of nitrogens with zero attached hydrogens (tertiary/aromatic N) is 1. The minimum Gasteiger partial charge on any atom is -0.393 e. The molecule has 0 bridgehead atoms. The first-order valence-corrected chi connectivity index (χ1v) is 14.1. The number of halogens is 2.